The van der Waals surface area contributed by atoms with Crippen molar-refractivity contribution in [2.75, 3.05) is 20.8 Å². The Balaban J connectivity index is 2.24. The largest absolute Gasteiger partial charge is 0.496 e. The Hall–Kier alpha value is -2.38. The number of aryl methyl sites for hydroxylation is 2. The highest BCUT2D eigenvalue weighted by Gasteiger charge is 2.23. The molecule has 1 unspecified atom stereocenters. The van der Waals surface area contributed by atoms with Crippen LogP contribution in [0.1, 0.15) is 35.4 Å². The predicted molar refractivity (Wildman–Crippen MR) is 106 cm³/mol. The standard InChI is InChI=1S/C21H26O6S/c1-15-5-9-18(10-6-15)28(23,24)27-14-17(8-12-21(22)26-4)19-11-7-16(2)13-20(19)25-3/h5-7,9-11,13,17H,8,12,14H2,1-4H3. The number of methoxy groups -OCH3 is 2. The molecule has 2 aromatic rings. The topological polar surface area (TPSA) is 78.9 Å². The van der Waals surface area contributed by atoms with Gasteiger partial charge in [0, 0.05) is 12.3 Å². The van der Waals surface area contributed by atoms with Crippen molar-refractivity contribution in [3.63, 3.8) is 0 Å². The normalized spacial score (nSPS) is 12.4. The lowest BCUT2D eigenvalue weighted by Gasteiger charge is -2.20. The third-order valence-electron chi connectivity index (χ3n) is 4.49. The Kier molecular flexibility index (Phi) is 7.60. The summed E-state index contributed by atoms with van der Waals surface area (Å²) in [5.74, 6) is -0.0847. The molecule has 2 aromatic carbocycles. The second-order valence-electron chi connectivity index (χ2n) is 6.61. The number of benzene rings is 2. The zero-order valence-corrected chi connectivity index (χ0v) is 17.4. The lowest BCUT2D eigenvalue weighted by Crippen LogP contribution is -2.16. The average Bonchev–Trinajstić information content (AvgIpc) is 2.68. The summed E-state index contributed by atoms with van der Waals surface area (Å²) in [7, 11) is -1.03. The quantitative estimate of drug-likeness (QED) is 0.466. The van der Waals surface area contributed by atoms with Crippen molar-refractivity contribution in [3.8, 4) is 5.75 Å². The van der Waals surface area contributed by atoms with Crippen LogP contribution in [0.5, 0.6) is 5.75 Å². The van der Waals surface area contributed by atoms with Crippen LogP contribution < -0.4 is 4.74 Å². The molecule has 0 bridgehead atoms. The van der Waals surface area contributed by atoms with Gasteiger partial charge in [-0.3, -0.25) is 8.98 Å². The van der Waals surface area contributed by atoms with Gasteiger partial charge < -0.3 is 9.47 Å². The molecule has 0 aliphatic rings. The number of carbonyl (C=O) groups is 1. The Morgan fingerprint density at radius 2 is 1.64 bits per heavy atom. The van der Waals surface area contributed by atoms with Gasteiger partial charge in [-0.1, -0.05) is 29.8 Å². The molecule has 0 aliphatic heterocycles. The summed E-state index contributed by atoms with van der Waals surface area (Å²) in [4.78, 5) is 11.7. The van der Waals surface area contributed by atoms with Crippen LogP contribution in [-0.2, 0) is 23.8 Å². The fourth-order valence-electron chi connectivity index (χ4n) is 2.82. The molecule has 2 rings (SSSR count). The van der Waals surface area contributed by atoms with Gasteiger partial charge in [0.05, 0.1) is 25.7 Å². The summed E-state index contributed by atoms with van der Waals surface area (Å²) in [5.41, 5.74) is 2.76. The minimum absolute atomic E-state index is 0.0979. The lowest BCUT2D eigenvalue weighted by atomic mass is 9.93. The van der Waals surface area contributed by atoms with Gasteiger partial charge in [-0.05, 0) is 49.6 Å². The highest BCUT2D eigenvalue weighted by atomic mass is 32.2. The number of rotatable bonds is 9. The van der Waals surface area contributed by atoms with E-state index >= 15 is 0 Å². The van der Waals surface area contributed by atoms with E-state index in [9.17, 15) is 13.2 Å². The predicted octanol–water partition coefficient (Wildman–Crippen LogP) is 3.75. The maximum absolute atomic E-state index is 12.5. The first kappa shape index (κ1) is 21.9. The van der Waals surface area contributed by atoms with Crippen LogP contribution in [0.25, 0.3) is 0 Å². The van der Waals surface area contributed by atoms with Crippen LogP contribution in [0, 0.1) is 13.8 Å². The number of esters is 1. The van der Waals surface area contributed by atoms with Crippen LogP contribution in [0.15, 0.2) is 47.4 Å². The minimum atomic E-state index is -3.91. The van der Waals surface area contributed by atoms with E-state index < -0.39 is 10.1 Å². The fraction of sp³-hybridized carbons (Fsp3) is 0.381. The molecule has 0 N–H and O–H groups in total. The Morgan fingerprint density at radius 3 is 2.25 bits per heavy atom. The van der Waals surface area contributed by atoms with Gasteiger partial charge in [0.15, 0.2) is 0 Å². The maximum atomic E-state index is 12.5. The van der Waals surface area contributed by atoms with Gasteiger partial charge in [-0.2, -0.15) is 8.42 Å². The van der Waals surface area contributed by atoms with Crippen LogP contribution >= 0.6 is 0 Å². The summed E-state index contributed by atoms with van der Waals surface area (Å²) in [6, 6.07) is 12.1. The molecule has 7 heteroatoms. The van der Waals surface area contributed by atoms with E-state index in [0.717, 1.165) is 16.7 Å². The van der Waals surface area contributed by atoms with Gasteiger partial charge in [0.1, 0.15) is 5.75 Å². The zero-order chi connectivity index (χ0) is 20.7. The molecule has 0 saturated heterocycles. The van der Waals surface area contributed by atoms with E-state index in [-0.39, 0.29) is 29.8 Å². The van der Waals surface area contributed by atoms with Crippen molar-refractivity contribution in [1.82, 2.24) is 0 Å². The van der Waals surface area contributed by atoms with E-state index in [1.54, 1.807) is 19.2 Å². The minimum Gasteiger partial charge on any atom is -0.496 e. The smallest absolute Gasteiger partial charge is 0.305 e. The summed E-state index contributed by atoms with van der Waals surface area (Å²) in [5, 5.41) is 0. The SMILES string of the molecule is COC(=O)CCC(COS(=O)(=O)c1ccc(C)cc1)c1ccc(C)cc1OC. The van der Waals surface area contributed by atoms with Crippen molar-refractivity contribution in [1.29, 1.82) is 0 Å². The third kappa shape index (κ3) is 5.81. The molecule has 0 amide bonds. The molecular formula is C21H26O6S. The molecule has 152 valence electrons. The van der Waals surface area contributed by atoms with Crippen molar-refractivity contribution >= 4 is 16.1 Å². The molecular weight excluding hydrogens is 380 g/mol. The van der Waals surface area contributed by atoms with Crippen molar-refractivity contribution < 1.29 is 26.9 Å². The van der Waals surface area contributed by atoms with Crippen molar-refractivity contribution in [2.45, 2.75) is 37.5 Å². The molecule has 6 nitrogen and oxygen atoms in total. The van der Waals surface area contributed by atoms with E-state index in [2.05, 4.69) is 0 Å². The second kappa shape index (κ2) is 9.71. The van der Waals surface area contributed by atoms with E-state index in [0.29, 0.717) is 12.2 Å². The highest BCUT2D eigenvalue weighted by molar-refractivity contribution is 7.86. The molecule has 0 spiro atoms. The van der Waals surface area contributed by atoms with Gasteiger partial charge in [-0.15, -0.1) is 0 Å². The molecule has 0 heterocycles. The monoisotopic (exact) mass is 406 g/mol. The summed E-state index contributed by atoms with van der Waals surface area (Å²) >= 11 is 0. The summed E-state index contributed by atoms with van der Waals surface area (Å²) < 4.78 is 40.6. The lowest BCUT2D eigenvalue weighted by molar-refractivity contribution is -0.140. The molecule has 0 saturated carbocycles. The zero-order valence-electron chi connectivity index (χ0n) is 16.6. The molecule has 1 atom stereocenters. The van der Waals surface area contributed by atoms with E-state index in [4.69, 9.17) is 13.7 Å². The molecule has 0 aromatic heterocycles. The van der Waals surface area contributed by atoms with E-state index in [1.807, 2.05) is 32.0 Å². The van der Waals surface area contributed by atoms with Crippen LogP contribution in [0.2, 0.25) is 0 Å². The third-order valence-corrected chi connectivity index (χ3v) is 5.78. The summed E-state index contributed by atoms with van der Waals surface area (Å²) in [6.45, 7) is 3.71. The Labute approximate surface area is 166 Å². The molecule has 0 aliphatic carbocycles. The first-order chi connectivity index (χ1) is 13.3. The van der Waals surface area contributed by atoms with Gasteiger partial charge >= 0.3 is 5.97 Å². The number of carbonyl (C=O) groups excluding carboxylic acids is 1. The number of hydrogen-bond donors (Lipinski definition) is 0. The Morgan fingerprint density at radius 1 is 1.00 bits per heavy atom. The number of ether oxygens (including phenoxy) is 2. The van der Waals surface area contributed by atoms with Gasteiger partial charge in [0.2, 0.25) is 0 Å². The maximum Gasteiger partial charge on any atom is 0.305 e. The van der Waals surface area contributed by atoms with Crippen molar-refractivity contribution in [3.05, 3.63) is 59.2 Å². The van der Waals surface area contributed by atoms with Crippen LogP contribution in [0.4, 0.5) is 0 Å². The first-order valence-corrected chi connectivity index (χ1v) is 10.3. The van der Waals surface area contributed by atoms with E-state index in [1.165, 1.54) is 19.2 Å². The second-order valence-corrected chi connectivity index (χ2v) is 8.22. The molecule has 0 fully saturated rings. The van der Waals surface area contributed by atoms with Gasteiger partial charge in [0.25, 0.3) is 10.1 Å². The highest BCUT2D eigenvalue weighted by Crippen LogP contribution is 2.32. The Bertz CT molecular complexity index is 903. The first-order valence-electron chi connectivity index (χ1n) is 8.94. The molecule has 0 radical (unpaired) electrons. The summed E-state index contributed by atoms with van der Waals surface area (Å²) in [6.07, 6.45) is 0.516. The van der Waals surface area contributed by atoms with Crippen LogP contribution in [0.3, 0.4) is 0 Å². The average molecular weight is 407 g/mol. The van der Waals surface area contributed by atoms with Gasteiger partial charge in [-0.25, -0.2) is 0 Å². The molecule has 28 heavy (non-hydrogen) atoms. The number of hydrogen-bond acceptors (Lipinski definition) is 6. The fourth-order valence-corrected chi connectivity index (χ4v) is 3.77. The van der Waals surface area contributed by atoms with Crippen molar-refractivity contribution in [2.24, 2.45) is 0 Å². The van der Waals surface area contributed by atoms with Crippen LogP contribution in [-0.4, -0.2) is 35.2 Å².